The molecule has 0 radical (unpaired) electrons. The van der Waals surface area contributed by atoms with E-state index in [2.05, 4.69) is 10.3 Å². The SMILES string of the molecule is NC(=O)[C@@H](Cc1ccc(-c2ccccc2)cc1)NC(=O)c1ccncc1. The van der Waals surface area contributed by atoms with Crippen LogP contribution in [0.25, 0.3) is 11.1 Å². The number of amides is 2. The lowest BCUT2D eigenvalue weighted by molar-refractivity contribution is -0.119. The molecule has 0 fully saturated rings. The van der Waals surface area contributed by atoms with Gasteiger partial charge in [-0.2, -0.15) is 0 Å². The van der Waals surface area contributed by atoms with Crippen LogP contribution in [0.15, 0.2) is 79.1 Å². The lowest BCUT2D eigenvalue weighted by atomic mass is 10.0. The number of rotatable bonds is 6. The number of nitrogens with one attached hydrogen (secondary N) is 1. The molecule has 0 saturated carbocycles. The van der Waals surface area contributed by atoms with Gasteiger partial charge in [0.15, 0.2) is 0 Å². The minimum atomic E-state index is -0.779. The van der Waals surface area contributed by atoms with E-state index in [4.69, 9.17) is 5.73 Å². The monoisotopic (exact) mass is 345 g/mol. The number of aromatic nitrogens is 1. The van der Waals surface area contributed by atoms with E-state index in [-0.39, 0.29) is 5.91 Å². The third kappa shape index (κ3) is 4.33. The van der Waals surface area contributed by atoms with E-state index in [1.54, 1.807) is 12.1 Å². The second kappa shape index (κ2) is 8.07. The summed E-state index contributed by atoms with van der Waals surface area (Å²) in [5, 5.41) is 2.69. The molecule has 130 valence electrons. The van der Waals surface area contributed by atoms with Crippen LogP contribution >= 0.6 is 0 Å². The van der Waals surface area contributed by atoms with Gasteiger partial charge >= 0.3 is 0 Å². The molecule has 0 unspecified atom stereocenters. The average Bonchev–Trinajstić information content (AvgIpc) is 2.69. The third-order valence-electron chi connectivity index (χ3n) is 4.09. The maximum atomic E-state index is 12.2. The fourth-order valence-electron chi connectivity index (χ4n) is 2.67. The Bertz CT molecular complexity index is 878. The molecule has 0 spiro atoms. The Kier molecular flexibility index (Phi) is 5.39. The van der Waals surface area contributed by atoms with E-state index in [0.717, 1.165) is 16.7 Å². The third-order valence-corrected chi connectivity index (χ3v) is 4.09. The summed E-state index contributed by atoms with van der Waals surface area (Å²) >= 11 is 0. The molecule has 0 saturated heterocycles. The summed E-state index contributed by atoms with van der Waals surface area (Å²) in [6.07, 6.45) is 3.38. The van der Waals surface area contributed by atoms with Gasteiger partial charge in [-0.25, -0.2) is 0 Å². The molecule has 3 N–H and O–H groups in total. The Labute approximate surface area is 151 Å². The molecule has 2 amide bonds. The van der Waals surface area contributed by atoms with Crippen molar-refractivity contribution in [2.75, 3.05) is 0 Å². The van der Waals surface area contributed by atoms with Gasteiger partial charge in [-0.05, 0) is 28.8 Å². The van der Waals surface area contributed by atoms with Crippen molar-refractivity contribution in [2.45, 2.75) is 12.5 Å². The molecule has 26 heavy (non-hydrogen) atoms. The summed E-state index contributed by atoms with van der Waals surface area (Å²) in [4.78, 5) is 27.9. The molecule has 0 aliphatic rings. The Morgan fingerprint density at radius 2 is 1.50 bits per heavy atom. The van der Waals surface area contributed by atoms with Crippen molar-refractivity contribution in [1.29, 1.82) is 0 Å². The van der Waals surface area contributed by atoms with Crippen molar-refractivity contribution in [3.63, 3.8) is 0 Å². The van der Waals surface area contributed by atoms with E-state index in [1.807, 2.05) is 54.6 Å². The Morgan fingerprint density at radius 1 is 0.885 bits per heavy atom. The molecule has 5 nitrogen and oxygen atoms in total. The van der Waals surface area contributed by atoms with Crippen LogP contribution in [0.1, 0.15) is 15.9 Å². The van der Waals surface area contributed by atoms with Gasteiger partial charge in [0.05, 0.1) is 0 Å². The van der Waals surface area contributed by atoms with Gasteiger partial charge in [0.1, 0.15) is 6.04 Å². The Balaban J connectivity index is 1.70. The predicted octanol–water partition coefficient (Wildman–Crippen LogP) is 2.58. The fraction of sp³-hybridized carbons (Fsp3) is 0.0952. The molecule has 0 bridgehead atoms. The number of nitrogens with zero attached hydrogens (tertiary/aromatic N) is 1. The number of nitrogens with two attached hydrogens (primary N) is 1. The van der Waals surface area contributed by atoms with Crippen molar-refractivity contribution >= 4 is 11.8 Å². The Morgan fingerprint density at radius 3 is 2.12 bits per heavy atom. The van der Waals surface area contributed by atoms with E-state index in [0.29, 0.717) is 12.0 Å². The van der Waals surface area contributed by atoms with Crippen LogP contribution in [-0.4, -0.2) is 22.8 Å². The number of hydrogen-bond donors (Lipinski definition) is 2. The highest BCUT2D eigenvalue weighted by Crippen LogP contribution is 2.19. The van der Waals surface area contributed by atoms with E-state index < -0.39 is 11.9 Å². The van der Waals surface area contributed by atoms with Crippen LogP contribution in [0, 0.1) is 0 Å². The molecule has 3 aromatic rings. The molecule has 0 aliphatic carbocycles. The van der Waals surface area contributed by atoms with Gasteiger partial charge in [0.2, 0.25) is 5.91 Å². The number of pyridine rings is 1. The maximum absolute atomic E-state index is 12.2. The molecule has 3 rings (SSSR count). The zero-order valence-corrected chi connectivity index (χ0v) is 14.1. The molecular weight excluding hydrogens is 326 g/mol. The topological polar surface area (TPSA) is 85.1 Å². The zero-order chi connectivity index (χ0) is 18.4. The minimum absolute atomic E-state index is 0.335. The van der Waals surface area contributed by atoms with Crippen LogP contribution in [0.4, 0.5) is 0 Å². The normalized spacial score (nSPS) is 11.5. The van der Waals surface area contributed by atoms with Crippen LogP contribution < -0.4 is 11.1 Å². The van der Waals surface area contributed by atoms with Crippen molar-refractivity contribution in [2.24, 2.45) is 5.73 Å². The first-order valence-corrected chi connectivity index (χ1v) is 8.28. The first-order valence-electron chi connectivity index (χ1n) is 8.28. The first kappa shape index (κ1) is 17.4. The summed E-state index contributed by atoms with van der Waals surface area (Å²) in [6, 6.07) is 20.3. The molecule has 5 heteroatoms. The van der Waals surface area contributed by atoms with Gasteiger partial charge in [-0.15, -0.1) is 0 Å². The van der Waals surface area contributed by atoms with Gasteiger partial charge < -0.3 is 11.1 Å². The van der Waals surface area contributed by atoms with Crippen molar-refractivity contribution in [1.82, 2.24) is 10.3 Å². The van der Waals surface area contributed by atoms with E-state index >= 15 is 0 Å². The van der Waals surface area contributed by atoms with Crippen LogP contribution in [0.3, 0.4) is 0 Å². The lowest BCUT2D eigenvalue weighted by Gasteiger charge is -2.16. The number of benzene rings is 2. The lowest BCUT2D eigenvalue weighted by Crippen LogP contribution is -2.45. The van der Waals surface area contributed by atoms with Crippen molar-refractivity contribution in [3.8, 4) is 11.1 Å². The predicted molar refractivity (Wildman–Crippen MR) is 100 cm³/mol. The summed E-state index contributed by atoms with van der Waals surface area (Å²) in [6.45, 7) is 0. The second-order valence-corrected chi connectivity index (χ2v) is 5.93. The summed E-state index contributed by atoms with van der Waals surface area (Å²) in [5.41, 5.74) is 9.03. The van der Waals surface area contributed by atoms with Crippen molar-refractivity contribution < 1.29 is 9.59 Å². The second-order valence-electron chi connectivity index (χ2n) is 5.93. The van der Waals surface area contributed by atoms with Crippen LogP contribution in [-0.2, 0) is 11.2 Å². The summed E-state index contributed by atoms with van der Waals surface area (Å²) < 4.78 is 0. The molecule has 1 aromatic heterocycles. The summed E-state index contributed by atoms with van der Waals surface area (Å²) in [7, 11) is 0. The quantitative estimate of drug-likeness (QED) is 0.720. The zero-order valence-electron chi connectivity index (χ0n) is 14.1. The van der Waals surface area contributed by atoms with Gasteiger partial charge in [0.25, 0.3) is 5.91 Å². The van der Waals surface area contributed by atoms with E-state index in [1.165, 1.54) is 12.4 Å². The molecular formula is C21H19N3O2. The van der Waals surface area contributed by atoms with Gasteiger partial charge in [-0.3, -0.25) is 14.6 Å². The van der Waals surface area contributed by atoms with Gasteiger partial charge in [-0.1, -0.05) is 54.6 Å². The highest BCUT2D eigenvalue weighted by atomic mass is 16.2. The van der Waals surface area contributed by atoms with Gasteiger partial charge in [0, 0.05) is 24.4 Å². The molecule has 0 aliphatic heterocycles. The van der Waals surface area contributed by atoms with Crippen LogP contribution in [0.2, 0.25) is 0 Å². The average molecular weight is 345 g/mol. The van der Waals surface area contributed by atoms with Crippen molar-refractivity contribution in [3.05, 3.63) is 90.3 Å². The number of hydrogen-bond acceptors (Lipinski definition) is 3. The maximum Gasteiger partial charge on any atom is 0.252 e. The Hall–Kier alpha value is -3.47. The summed E-state index contributed by atoms with van der Waals surface area (Å²) in [5.74, 6) is -0.920. The fourth-order valence-corrected chi connectivity index (χ4v) is 2.67. The van der Waals surface area contributed by atoms with E-state index in [9.17, 15) is 9.59 Å². The molecule has 1 atom stereocenters. The molecule has 1 heterocycles. The smallest absolute Gasteiger partial charge is 0.252 e. The highest BCUT2D eigenvalue weighted by molar-refractivity contribution is 5.97. The number of carbonyl (C=O) groups is 2. The standard InChI is InChI=1S/C21H19N3O2/c22-20(25)19(24-21(26)18-10-12-23-13-11-18)14-15-6-8-17(9-7-15)16-4-2-1-3-5-16/h1-13,19H,14H2,(H2,22,25)(H,24,26)/t19-/m1/s1. The van der Waals surface area contributed by atoms with Crippen LogP contribution in [0.5, 0.6) is 0 Å². The molecule has 2 aromatic carbocycles. The largest absolute Gasteiger partial charge is 0.368 e. The number of carbonyl (C=O) groups excluding carboxylic acids is 2. The number of primary amides is 1. The minimum Gasteiger partial charge on any atom is -0.368 e. The first-order chi connectivity index (χ1) is 12.6. The highest BCUT2D eigenvalue weighted by Gasteiger charge is 2.19.